The highest BCUT2D eigenvalue weighted by Crippen LogP contribution is 2.24. The number of H-pyrrole nitrogens is 1. The Morgan fingerprint density at radius 3 is 2.85 bits per heavy atom. The van der Waals surface area contributed by atoms with Crippen LogP contribution in [-0.2, 0) is 0 Å². The van der Waals surface area contributed by atoms with E-state index < -0.39 is 0 Å². The van der Waals surface area contributed by atoms with Gasteiger partial charge in [0.25, 0.3) is 5.56 Å². The van der Waals surface area contributed by atoms with Gasteiger partial charge in [-0.15, -0.1) is 0 Å². The molecule has 0 bridgehead atoms. The average Bonchev–Trinajstić information content (AvgIpc) is 2.86. The zero-order valence-corrected chi connectivity index (χ0v) is 10.3. The molecule has 20 heavy (non-hydrogen) atoms. The van der Waals surface area contributed by atoms with E-state index in [9.17, 15) is 4.79 Å². The Morgan fingerprint density at radius 1 is 1.10 bits per heavy atom. The summed E-state index contributed by atoms with van der Waals surface area (Å²) < 4.78 is 1.36. The van der Waals surface area contributed by atoms with Gasteiger partial charge in [-0.3, -0.25) is 14.8 Å². The smallest absolute Gasteiger partial charge is 0.282 e. The molecule has 0 atom stereocenters. The number of nitrogens with one attached hydrogen (secondary N) is 1. The van der Waals surface area contributed by atoms with Crippen molar-refractivity contribution in [2.75, 3.05) is 0 Å². The molecule has 2 aliphatic rings. The Kier molecular flexibility index (Phi) is 2.17. The first-order chi connectivity index (χ1) is 9.84. The largest absolute Gasteiger partial charge is 0.360 e. The number of nitrogens with zero attached hydrogens (tertiary/aromatic N) is 4. The first-order valence-corrected chi connectivity index (χ1v) is 6.09. The van der Waals surface area contributed by atoms with E-state index >= 15 is 0 Å². The zero-order valence-electron chi connectivity index (χ0n) is 10.3. The van der Waals surface area contributed by atoms with E-state index in [4.69, 9.17) is 0 Å². The summed E-state index contributed by atoms with van der Waals surface area (Å²) in [4.78, 5) is 23.6. The number of fused-ring (bicyclic) bond motifs is 3. The van der Waals surface area contributed by atoms with Crippen molar-refractivity contribution in [3.05, 3.63) is 59.5 Å². The molecule has 1 N–H and O–H groups in total. The molecule has 0 unspecified atom stereocenters. The number of aromatic nitrogens is 5. The van der Waals surface area contributed by atoms with Crippen LogP contribution in [-0.4, -0.2) is 24.7 Å². The second-order valence-corrected chi connectivity index (χ2v) is 4.40. The molecule has 6 heteroatoms. The number of pyridine rings is 3. The van der Waals surface area contributed by atoms with Gasteiger partial charge in [-0.05, 0) is 18.2 Å². The lowest BCUT2D eigenvalue weighted by Gasteiger charge is -2.00. The molecule has 0 saturated carbocycles. The second kappa shape index (κ2) is 3.99. The lowest BCUT2D eigenvalue weighted by molar-refractivity contribution is 0.853. The molecule has 0 radical (unpaired) electrons. The van der Waals surface area contributed by atoms with Gasteiger partial charge in [0.2, 0.25) is 0 Å². The maximum absolute atomic E-state index is 12.4. The van der Waals surface area contributed by atoms with Crippen LogP contribution in [0.3, 0.4) is 0 Å². The van der Waals surface area contributed by atoms with E-state index in [0.717, 1.165) is 10.9 Å². The van der Waals surface area contributed by atoms with Crippen molar-refractivity contribution in [1.29, 1.82) is 0 Å². The van der Waals surface area contributed by atoms with E-state index in [0.29, 0.717) is 16.9 Å². The van der Waals surface area contributed by atoms with Gasteiger partial charge >= 0.3 is 0 Å². The predicted octanol–water partition coefficient (Wildman–Crippen LogP) is 1.61. The predicted molar refractivity (Wildman–Crippen MR) is 73.9 cm³/mol. The third-order valence-electron chi connectivity index (χ3n) is 3.22. The van der Waals surface area contributed by atoms with Gasteiger partial charge in [0.1, 0.15) is 5.69 Å². The van der Waals surface area contributed by atoms with Crippen molar-refractivity contribution in [2.45, 2.75) is 0 Å². The van der Waals surface area contributed by atoms with Gasteiger partial charge in [0, 0.05) is 30.2 Å². The van der Waals surface area contributed by atoms with Crippen LogP contribution in [0.4, 0.5) is 0 Å². The minimum absolute atomic E-state index is 0.171. The van der Waals surface area contributed by atoms with E-state index in [1.54, 1.807) is 43.1 Å². The van der Waals surface area contributed by atoms with Crippen LogP contribution in [0.1, 0.15) is 0 Å². The van der Waals surface area contributed by atoms with E-state index in [1.165, 1.54) is 4.68 Å². The van der Waals surface area contributed by atoms with Crippen molar-refractivity contribution < 1.29 is 0 Å². The lowest BCUT2D eigenvalue weighted by Crippen LogP contribution is -2.14. The van der Waals surface area contributed by atoms with Crippen LogP contribution >= 0.6 is 0 Å². The Labute approximate surface area is 113 Å². The highest BCUT2D eigenvalue weighted by atomic mass is 16.1. The van der Waals surface area contributed by atoms with Crippen molar-refractivity contribution in [2.24, 2.45) is 0 Å². The molecule has 6 nitrogen and oxygen atoms in total. The van der Waals surface area contributed by atoms with Crippen molar-refractivity contribution >= 4 is 10.9 Å². The molecule has 0 fully saturated rings. The first kappa shape index (κ1) is 10.9. The molecular formula is C14H9N5O. The summed E-state index contributed by atoms with van der Waals surface area (Å²) in [7, 11) is 0. The molecule has 0 amide bonds. The van der Waals surface area contributed by atoms with Crippen LogP contribution in [0.5, 0.6) is 0 Å². The standard InChI is InChI=1S/C14H9N5O/c20-14-11-8-17-12-3-5-16-7-10(12)13(11)18-19(14)9-2-1-4-15-6-9/h1-8,17H. The van der Waals surface area contributed by atoms with Crippen LogP contribution in [0, 0.1) is 0 Å². The van der Waals surface area contributed by atoms with Gasteiger partial charge in [0.05, 0.1) is 23.0 Å². The third kappa shape index (κ3) is 1.45. The fourth-order valence-corrected chi connectivity index (χ4v) is 2.26. The van der Waals surface area contributed by atoms with E-state index in [-0.39, 0.29) is 5.56 Å². The minimum Gasteiger partial charge on any atom is -0.360 e. The fraction of sp³-hybridized carbons (Fsp3) is 0. The molecule has 0 saturated heterocycles. The van der Waals surface area contributed by atoms with Crippen LogP contribution < -0.4 is 5.56 Å². The summed E-state index contributed by atoms with van der Waals surface area (Å²) in [6.45, 7) is 0. The average molecular weight is 263 g/mol. The number of rotatable bonds is 1. The third-order valence-corrected chi connectivity index (χ3v) is 3.22. The summed E-state index contributed by atoms with van der Waals surface area (Å²) in [5, 5.41) is 5.24. The summed E-state index contributed by atoms with van der Waals surface area (Å²) in [6.07, 6.45) is 8.34. The van der Waals surface area contributed by atoms with Crippen molar-refractivity contribution in [3.8, 4) is 16.9 Å². The zero-order chi connectivity index (χ0) is 13.5. The maximum atomic E-state index is 12.4. The molecule has 0 aromatic carbocycles. The van der Waals surface area contributed by atoms with Crippen LogP contribution in [0.15, 0.2) is 54.0 Å². The Hall–Kier alpha value is -3.02. The van der Waals surface area contributed by atoms with Crippen molar-refractivity contribution in [1.82, 2.24) is 24.7 Å². The Bertz CT molecular complexity index is 925. The summed E-state index contributed by atoms with van der Waals surface area (Å²) in [5.41, 5.74) is 2.54. The number of aromatic amines is 1. The summed E-state index contributed by atoms with van der Waals surface area (Å²) >= 11 is 0. The Morgan fingerprint density at radius 2 is 2.00 bits per heavy atom. The SMILES string of the molecule is O=c1c2c[nH]c3ccncc3c-2nn1-c1cccnc1. The quantitative estimate of drug-likeness (QED) is 0.566. The Balaban J connectivity index is 2.10. The first-order valence-electron chi connectivity index (χ1n) is 6.09. The molecule has 0 aliphatic carbocycles. The van der Waals surface area contributed by atoms with Gasteiger partial charge in [0.15, 0.2) is 0 Å². The molecule has 2 aromatic heterocycles. The second-order valence-electron chi connectivity index (χ2n) is 4.40. The molecule has 4 rings (SSSR count). The topological polar surface area (TPSA) is 76.5 Å². The highest BCUT2D eigenvalue weighted by molar-refractivity contribution is 5.92. The molecule has 0 spiro atoms. The summed E-state index contributed by atoms with van der Waals surface area (Å²) in [6, 6.07) is 5.42. The maximum Gasteiger partial charge on any atom is 0.282 e. The molecule has 4 heterocycles. The summed E-state index contributed by atoms with van der Waals surface area (Å²) in [5.74, 6) is 0. The van der Waals surface area contributed by atoms with Gasteiger partial charge in [-0.1, -0.05) is 0 Å². The molecular weight excluding hydrogens is 254 g/mol. The van der Waals surface area contributed by atoms with Gasteiger partial charge in [-0.25, -0.2) is 0 Å². The molecule has 96 valence electrons. The van der Waals surface area contributed by atoms with Crippen LogP contribution in [0.25, 0.3) is 27.8 Å². The molecule has 2 aliphatic heterocycles. The minimum atomic E-state index is -0.171. The van der Waals surface area contributed by atoms with Crippen LogP contribution in [0.2, 0.25) is 0 Å². The monoisotopic (exact) mass is 263 g/mol. The number of hydrogen-bond donors (Lipinski definition) is 1. The van der Waals surface area contributed by atoms with Gasteiger partial charge in [-0.2, -0.15) is 9.78 Å². The normalized spacial score (nSPS) is 11.2. The lowest BCUT2D eigenvalue weighted by atomic mass is 10.1. The number of hydrogen-bond acceptors (Lipinski definition) is 4. The molecule has 2 aromatic rings. The van der Waals surface area contributed by atoms with E-state index in [2.05, 4.69) is 20.1 Å². The highest BCUT2D eigenvalue weighted by Gasteiger charge is 2.18. The van der Waals surface area contributed by atoms with Gasteiger partial charge < -0.3 is 4.98 Å². The van der Waals surface area contributed by atoms with Crippen molar-refractivity contribution in [3.63, 3.8) is 0 Å². The fourth-order valence-electron chi connectivity index (χ4n) is 2.26. The van der Waals surface area contributed by atoms with E-state index in [1.807, 2.05) is 6.07 Å².